The molecule has 1 spiro atoms. The van der Waals surface area contributed by atoms with Crippen molar-refractivity contribution >= 4 is 16.1 Å². The van der Waals surface area contributed by atoms with Crippen molar-refractivity contribution < 1.29 is 27.4 Å². The number of carbonyl (C=O) groups is 1. The molecule has 0 bridgehead atoms. The highest BCUT2D eigenvalue weighted by molar-refractivity contribution is 7.86. The van der Waals surface area contributed by atoms with Crippen LogP contribution in [0.4, 0.5) is 4.39 Å². The third-order valence-corrected chi connectivity index (χ3v) is 8.09. The number of nitrogens with one attached hydrogen (secondary N) is 1. The molecule has 0 aliphatic carbocycles. The van der Waals surface area contributed by atoms with Gasteiger partial charge in [-0.15, -0.1) is 0 Å². The molecule has 0 saturated carbocycles. The number of piperidine rings is 1. The van der Waals surface area contributed by atoms with Crippen LogP contribution in [0, 0.1) is 5.82 Å². The molecule has 0 unspecified atom stereocenters. The first-order valence-electron chi connectivity index (χ1n) is 10.7. The predicted molar refractivity (Wildman–Crippen MR) is 119 cm³/mol. The van der Waals surface area contributed by atoms with E-state index in [2.05, 4.69) is 10.3 Å². The summed E-state index contributed by atoms with van der Waals surface area (Å²) in [5.41, 5.74) is -1.64. The van der Waals surface area contributed by atoms with Crippen molar-refractivity contribution in [2.24, 2.45) is 0 Å². The lowest BCUT2D eigenvalue weighted by molar-refractivity contribution is -0.110. The number of benzene rings is 1. The number of halogens is 1. The van der Waals surface area contributed by atoms with Gasteiger partial charge in [0.15, 0.2) is 5.69 Å². The molecule has 13 heteroatoms. The fraction of sp³-hybridized carbons (Fsp3) is 0.476. The molecular weight excluding hydrogens is 469 g/mol. The summed E-state index contributed by atoms with van der Waals surface area (Å²) in [7, 11) is -0.709. The number of hydrogen-bond donors (Lipinski definition) is 2. The molecule has 1 amide bonds. The number of hydrogen-bond acceptors (Lipinski definition) is 7. The molecule has 1 aromatic heterocycles. The average molecular weight is 496 g/mol. The number of amides is 1. The zero-order valence-corrected chi connectivity index (χ0v) is 19.6. The first-order valence-corrected chi connectivity index (χ1v) is 12.1. The van der Waals surface area contributed by atoms with Crippen LogP contribution in [0.1, 0.15) is 34.7 Å². The van der Waals surface area contributed by atoms with Crippen molar-refractivity contribution in [1.82, 2.24) is 23.5 Å². The Morgan fingerprint density at radius 2 is 1.88 bits per heavy atom. The van der Waals surface area contributed by atoms with Gasteiger partial charge in [-0.25, -0.2) is 9.37 Å². The molecule has 2 aliphatic rings. The molecule has 1 aromatic carbocycles. The molecule has 2 aromatic rings. The van der Waals surface area contributed by atoms with Crippen LogP contribution in [0.15, 0.2) is 29.1 Å². The molecule has 4 rings (SSSR count). The van der Waals surface area contributed by atoms with E-state index >= 15 is 0 Å². The van der Waals surface area contributed by atoms with Crippen LogP contribution < -0.4 is 10.9 Å². The van der Waals surface area contributed by atoms with Gasteiger partial charge in [-0.3, -0.25) is 14.2 Å². The first kappa shape index (κ1) is 24.3. The minimum atomic E-state index is -3.61. The highest BCUT2D eigenvalue weighted by Crippen LogP contribution is 2.39. The van der Waals surface area contributed by atoms with E-state index < -0.39 is 44.5 Å². The van der Waals surface area contributed by atoms with E-state index in [4.69, 9.17) is 4.74 Å². The molecular formula is C21H26FN5O6S. The molecule has 2 aliphatic heterocycles. The third-order valence-electron chi connectivity index (χ3n) is 6.15. The molecule has 0 atom stereocenters. The normalized spacial score (nSPS) is 18.1. The van der Waals surface area contributed by atoms with Gasteiger partial charge in [-0.1, -0.05) is 12.1 Å². The molecule has 184 valence electrons. The highest BCUT2D eigenvalue weighted by atomic mass is 32.2. The van der Waals surface area contributed by atoms with Crippen molar-refractivity contribution in [3.63, 3.8) is 0 Å². The number of rotatable bonds is 5. The zero-order chi connectivity index (χ0) is 24.7. The molecule has 1 fully saturated rings. The smallest absolute Gasteiger partial charge is 0.296 e. The Labute approximate surface area is 196 Å². The summed E-state index contributed by atoms with van der Waals surface area (Å²) in [6.45, 7) is 0.655. The van der Waals surface area contributed by atoms with E-state index in [0.29, 0.717) is 5.56 Å². The van der Waals surface area contributed by atoms with Gasteiger partial charge in [0.05, 0.1) is 13.2 Å². The monoisotopic (exact) mass is 495 g/mol. The van der Waals surface area contributed by atoms with Crippen LogP contribution in [-0.4, -0.2) is 71.4 Å². The van der Waals surface area contributed by atoms with Crippen LogP contribution in [0.2, 0.25) is 0 Å². The van der Waals surface area contributed by atoms with Gasteiger partial charge in [0.25, 0.3) is 21.7 Å². The first-order chi connectivity index (χ1) is 16.0. The number of nitrogens with zero attached hydrogens (tertiary/aromatic N) is 4. The lowest BCUT2D eigenvalue weighted by Crippen LogP contribution is -2.53. The van der Waals surface area contributed by atoms with Gasteiger partial charge in [0, 0.05) is 33.7 Å². The summed E-state index contributed by atoms with van der Waals surface area (Å²) >= 11 is 0. The van der Waals surface area contributed by atoms with Gasteiger partial charge in [0.1, 0.15) is 17.2 Å². The minimum Gasteiger partial charge on any atom is -0.501 e. The van der Waals surface area contributed by atoms with Gasteiger partial charge < -0.3 is 15.2 Å². The van der Waals surface area contributed by atoms with Gasteiger partial charge >= 0.3 is 0 Å². The Bertz CT molecular complexity index is 1250. The molecule has 3 heterocycles. The summed E-state index contributed by atoms with van der Waals surface area (Å²) in [4.78, 5) is 30.0. The summed E-state index contributed by atoms with van der Waals surface area (Å²) in [6.07, 6.45) is 0.460. The zero-order valence-electron chi connectivity index (χ0n) is 18.8. The van der Waals surface area contributed by atoms with E-state index in [1.165, 1.54) is 47.2 Å². The average Bonchev–Trinajstić information content (AvgIpc) is 2.81. The third kappa shape index (κ3) is 4.31. The molecule has 0 radical (unpaired) electrons. The molecule has 1 saturated heterocycles. The lowest BCUT2D eigenvalue weighted by atomic mass is 9.89. The Hall–Kier alpha value is -2.87. The molecule has 11 nitrogen and oxygen atoms in total. The number of aromatic nitrogens is 2. The van der Waals surface area contributed by atoms with Crippen LogP contribution in [0.3, 0.4) is 0 Å². The van der Waals surface area contributed by atoms with Gasteiger partial charge in [-0.05, 0) is 30.5 Å². The number of ether oxygens (including phenoxy) is 1. The second kappa shape index (κ2) is 9.06. The van der Waals surface area contributed by atoms with Crippen molar-refractivity contribution in [1.29, 1.82) is 0 Å². The minimum absolute atomic E-state index is 0.0393. The Morgan fingerprint density at radius 1 is 1.24 bits per heavy atom. The number of aromatic hydroxyl groups is 1. The van der Waals surface area contributed by atoms with Crippen LogP contribution in [-0.2, 0) is 33.6 Å². The van der Waals surface area contributed by atoms with Crippen LogP contribution >= 0.6 is 0 Å². The maximum Gasteiger partial charge on any atom is 0.296 e. The second-order valence-corrected chi connectivity index (χ2v) is 10.6. The highest BCUT2D eigenvalue weighted by Gasteiger charge is 2.46. The summed E-state index contributed by atoms with van der Waals surface area (Å²) < 4.78 is 47.8. The van der Waals surface area contributed by atoms with Crippen LogP contribution in [0.5, 0.6) is 5.75 Å². The van der Waals surface area contributed by atoms with E-state index in [0.717, 1.165) is 4.31 Å². The van der Waals surface area contributed by atoms with Crippen molar-refractivity contribution in [2.75, 3.05) is 33.8 Å². The Balaban J connectivity index is 1.61. The standard InChI is InChI=1S/C21H26FN5O6S/c1-25(2)34(31,32)26-9-7-21(8-10-26)20-24-16(17(28)19(30)27(20)11-12-33-21)18(29)23-13-14-3-5-15(22)6-4-14/h3-6,28H,7-13H2,1-2H3,(H,23,29). The summed E-state index contributed by atoms with van der Waals surface area (Å²) in [5.74, 6) is -1.76. The maximum absolute atomic E-state index is 13.1. The Morgan fingerprint density at radius 3 is 2.50 bits per heavy atom. The lowest BCUT2D eigenvalue weighted by Gasteiger charge is -2.44. The van der Waals surface area contributed by atoms with E-state index in [9.17, 15) is 27.5 Å². The SMILES string of the molecule is CN(C)S(=O)(=O)N1CCC2(CC1)OCCn1c2nc(C(=O)NCc2ccc(F)cc2)c(O)c1=O. The number of fused-ring (bicyclic) bond motifs is 2. The van der Waals surface area contributed by atoms with Crippen molar-refractivity contribution in [3.8, 4) is 5.75 Å². The quantitative estimate of drug-likeness (QED) is 0.603. The molecule has 2 N–H and O–H groups in total. The summed E-state index contributed by atoms with van der Waals surface area (Å²) in [5, 5.41) is 13.0. The largest absolute Gasteiger partial charge is 0.501 e. The summed E-state index contributed by atoms with van der Waals surface area (Å²) in [6, 6.07) is 5.52. The van der Waals surface area contributed by atoms with E-state index in [1.54, 1.807) is 0 Å². The second-order valence-electron chi connectivity index (χ2n) is 8.43. The molecule has 34 heavy (non-hydrogen) atoms. The van der Waals surface area contributed by atoms with Gasteiger partial charge in [-0.2, -0.15) is 17.0 Å². The maximum atomic E-state index is 13.1. The topological polar surface area (TPSA) is 134 Å². The van der Waals surface area contributed by atoms with Crippen molar-refractivity contribution in [3.05, 3.63) is 57.5 Å². The fourth-order valence-electron chi connectivity index (χ4n) is 4.20. The van der Waals surface area contributed by atoms with E-state index in [-0.39, 0.29) is 51.5 Å². The number of carbonyl (C=O) groups excluding carboxylic acids is 1. The van der Waals surface area contributed by atoms with Crippen molar-refractivity contribution in [2.45, 2.75) is 31.5 Å². The van der Waals surface area contributed by atoms with E-state index in [1.807, 2.05) is 0 Å². The fourth-order valence-corrected chi connectivity index (χ4v) is 5.31. The predicted octanol–water partition coefficient (Wildman–Crippen LogP) is 0.146. The Kier molecular flexibility index (Phi) is 6.46. The van der Waals surface area contributed by atoms with Crippen LogP contribution in [0.25, 0.3) is 0 Å². The van der Waals surface area contributed by atoms with Gasteiger partial charge in [0.2, 0.25) is 5.75 Å².